The molecule has 1 aromatic heterocycles. The molecular weight excluding hydrogens is 414 g/mol. The average Bonchev–Trinajstić information content (AvgIpc) is 3.16. The van der Waals surface area contributed by atoms with Gasteiger partial charge in [-0.3, -0.25) is 4.79 Å². The van der Waals surface area contributed by atoms with Gasteiger partial charge < -0.3 is 23.9 Å². The molecule has 0 atom stereocenters. The van der Waals surface area contributed by atoms with Crippen LogP contribution in [-0.4, -0.2) is 20.1 Å². The molecule has 0 aliphatic carbocycles. The zero-order chi connectivity index (χ0) is 19.2. The minimum atomic E-state index is -0.364. The molecule has 0 fully saturated rings. The van der Waals surface area contributed by atoms with E-state index in [1.54, 1.807) is 37.4 Å². The summed E-state index contributed by atoms with van der Waals surface area (Å²) in [7, 11) is 3.09. The number of benzene rings is 2. The SMILES string of the molecule is COc1ccc(NC(=O)c2ccc(COc3ccc(Br)cc3)o2)cc1OC. The molecule has 140 valence electrons. The third kappa shape index (κ3) is 4.83. The van der Waals surface area contributed by atoms with Gasteiger partial charge in [0.25, 0.3) is 5.91 Å². The van der Waals surface area contributed by atoms with Crippen LogP contribution in [0.2, 0.25) is 0 Å². The number of anilines is 1. The summed E-state index contributed by atoms with van der Waals surface area (Å²) in [6.45, 7) is 0.227. The van der Waals surface area contributed by atoms with Crippen molar-refractivity contribution in [3.05, 3.63) is 70.6 Å². The summed E-state index contributed by atoms with van der Waals surface area (Å²) in [6.07, 6.45) is 0. The largest absolute Gasteiger partial charge is 0.493 e. The van der Waals surface area contributed by atoms with Crippen molar-refractivity contribution in [2.45, 2.75) is 6.61 Å². The van der Waals surface area contributed by atoms with Crippen molar-refractivity contribution in [2.75, 3.05) is 19.5 Å². The van der Waals surface area contributed by atoms with Gasteiger partial charge in [0.05, 0.1) is 14.2 Å². The molecule has 0 saturated carbocycles. The standard InChI is InChI=1S/C20H18BrNO5/c1-24-17-9-5-14(11-19(17)25-2)22-20(23)18-10-8-16(27-18)12-26-15-6-3-13(21)4-7-15/h3-11H,12H2,1-2H3,(H,22,23). The Hall–Kier alpha value is -2.93. The molecule has 0 unspecified atom stereocenters. The van der Waals surface area contributed by atoms with Crippen molar-refractivity contribution in [1.29, 1.82) is 0 Å². The molecule has 1 heterocycles. The number of carbonyl (C=O) groups excluding carboxylic acids is 1. The minimum Gasteiger partial charge on any atom is -0.493 e. The monoisotopic (exact) mass is 431 g/mol. The van der Waals surface area contributed by atoms with Gasteiger partial charge in [-0.15, -0.1) is 0 Å². The van der Waals surface area contributed by atoms with Crippen LogP contribution in [0.15, 0.2) is 63.5 Å². The van der Waals surface area contributed by atoms with E-state index in [0.29, 0.717) is 28.7 Å². The maximum atomic E-state index is 12.4. The summed E-state index contributed by atoms with van der Waals surface area (Å²) in [5.41, 5.74) is 0.571. The van der Waals surface area contributed by atoms with E-state index in [0.717, 1.165) is 4.47 Å². The smallest absolute Gasteiger partial charge is 0.291 e. The Balaban J connectivity index is 1.62. The molecule has 0 saturated heterocycles. The zero-order valence-corrected chi connectivity index (χ0v) is 16.4. The van der Waals surface area contributed by atoms with E-state index in [-0.39, 0.29) is 18.3 Å². The van der Waals surface area contributed by atoms with E-state index in [1.807, 2.05) is 24.3 Å². The highest BCUT2D eigenvalue weighted by molar-refractivity contribution is 9.10. The molecule has 6 nitrogen and oxygen atoms in total. The third-order valence-corrected chi connectivity index (χ3v) is 4.25. The Morgan fingerprint density at radius 1 is 1.00 bits per heavy atom. The molecule has 3 rings (SSSR count). The lowest BCUT2D eigenvalue weighted by molar-refractivity contribution is 0.0992. The quantitative estimate of drug-likeness (QED) is 0.576. The van der Waals surface area contributed by atoms with Gasteiger partial charge >= 0.3 is 0 Å². The summed E-state index contributed by atoms with van der Waals surface area (Å²) < 4.78 is 22.6. The first-order valence-corrected chi connectivity index (χ1v) is 8.89. The Morgan fingerprint density at radius 2 is 1.74 bits per heavy atom. The van der Waals surface area contributed by atoms with Crippen molar-refractivity contribution in [1.82, 2.24) is 0 Å². The molecule has 0 spiro atoms. The van der Waals surface area contributed by atoms with Crippen LogP contribution in [0.25, 0.3) is 0 Å². The summed E-state index contributed by atoms with van der Waals surface area (Å²) >= 11 is 3.37. The van der Waals surface area contributed by atoms with Gasteiger partial charge in [0.15, 0.2) is 17.3 Å². The fourth-order valence-corrected chi connectivity index (χ4v) is 2.63. The first-order chi connectivity index (χ1) is 13.1. The van der Waals surface area contributed by atoms with Crippen LogP contribution in [0.4, 0.5) is 5.69 Å². The van der Waals surface area contributed by atoms with Crippen LogP contribution >= 0.6 is 15.9 Å². The highest BCUT2D eigenvalue weighted by Crippen LogP contribution is 2.30. The summed E-state index contributed by atoms with van der Waals surface area (Å²) in [4.78, 5) is 12.4. The number of amides is 1. The van der Waals surface area contributed by atoms with Crippen LogP contribution < -0.4 is 19.5 Å². The van der Waals surface area contributed by atoms with E-state index < -0.39 is 0 Å². The van der Waals surface area contributed by atoms with Gasteiger partial charge in [-0.1, -0.05) is 15.9 Å². The second-order valence-corrected chi connectivity index (χ2v) is 6.45. The predicted molar refractivity (Wildman–Crippen MR) is 105 cm³/mol. The van der Waals surface area contributed by atoms with Gasteiger partial charge in [0.1, 0.15) is 18.1 Å². The van der Waals surface area contributed by atoms with Crippen molar-refractivity contribution in [2.24, 2.45) is 0 Å². The lowest BCUT2D eigenvalue weighted by atomic mass is 10.2. The number of nitrogens with one attached hydrogen (secondary N) is 1. The van der Waals surface area contributed by atoms with Crippen LogP contribution in [0.5, 0.6) is 17.2 Å². The van der Waals surface area contributed by atoms with E-state index in [9.17, 15) is 4.79 Å². The predicted octanol–water partition coefficient (Wildman–Crippen LogP) is 4.89. The Bertz CT molecular complexity index is 920. The van der Waals surface area contributed by atoms with Crippen molar-refractivity contribution in [3.8, 4) is 17.2 Å². The highest BCUT2D eigenvalue weighted by atomic mass is 79.9. The molecule has 0 aliphatic heterocycles. The number of halogens is 1. The lowest BCUT2D eigenvalue weighted by Gasteiger charge is -2.10. The van der Waals surface area contributed by atoms with Gasteiger partial charge in [-0.05, 0) is 48.5 Å². The highest BCUT2D eigenvalue weighted by Gasteiger charge is 2.13. The lowest BCUT2D eigenvalue weighted by Crippen LogP contribution is -2.11. The van der Waals surface area contributed by atoms with Crippen LogP contribution in [0, 0.1) is 0 Å². The molecule has 3 aromatic rings. The number of carbonyl (C=O) groups is 1. The van der Waals surface area contributed by atoms with E-state index in [2.05, 4.69) is 21.2 Å². The number of hydrogen-bond acceptors (Lipinski definition) is 5. The molecule has 27 heavy (non-hydrogen) atoms. The van der Waals surface area contributed by atoms with E-state index in [1.165, 1.54) is 7.11 Å². The van der Waals surface area contributed by atoms with Gasteiger partial charge in [0, 0.05) is 16.2 Å². The molecule has 0 bridgehead atoms. The van der Waals surface area contributed by atoms with Gasteiger partial charge in [0.2, 0.25) is 0 Å². The number of ether oxygens (including phenoxy) is 3. The fourth-order valence-electron chi connectivity index (χ4n) is 2.37. The average molecular weight is 432 g/mol. The molecular formula is C20H18BrNO5. The number of rotatable bonds is 7. The Labute approximate surface area is 165 Å². The van der Waals surface area contributed by atoms with Crippen LogP contribution in [-0.2, 0) is 6.61 Å². The molecule has 0 aliphatic rings. The van der Waals surface area contributed by atoms with Crippen molar-refractivity contribution in [3.63, 3.8) is 0 Å². The van der Waals surface area contributed by atoms with E-state index >= 15 is 0 Å². The number of furan rings is 1. The van der Waals surface area contributed by atoms with Crippen molar-refractivity contribution < 1.29 is 23.4 Å². The molecule has 1 N–H and O–H groups in total. The van der Waals surface area contributed by atoms with E-state index in [4.69, 9.17) is 18.6 Å². The summed E-state index contributed by atoms with van der Waals surface area (Å²) in [6, 6.07) is 15.9. The maximum absolute atomic E-state index is 12.4. The maximum Gasteiger partial charge on any atom is 0.291 e. The summed E-state index contributed by atoms with van der Waals surface area (Å²) in [5, 5.41) is 2.76. The Kier molecular flexibility index (Phi) is 6.03. The minimum absolute atomic E-state index is 0.194. The number of methoxy groups -OCH3 is 2. The van der Waals surface area contributed by atoms with Crippen LogP contribution in [0.3, 0.4) is 0 Å². The molecule has 0 radical (unpaired) electrons. The summed E-state index contributed by atoms with van der Waals surface area (Å²) in [5.74, 6) is 2.21. The fraction of sp³-hybridized carbons (Fsp3) is 0.150. The molecule has 1 amide bonds. The first-order valence-electron chi connectivity index (χ1n) is 8.09. The van der Waals surface area contributed by atoms with Crippen LogP contribution in [0.1, 0.15) is 16.3 Å². The topological polar surface area (TPSA) is 69.9 Å². The second-order valence-electron chi connectivity index (χ2n) is 5.53. The van der Waals surface area contributed by atoms with Gasteiger partial charge in [-0.2, -0.15) is 0 Å². The zero-order valence-electron chi connectivity index (χ0n) is 14.8. The molecule has 7 heteroatoms. The van der Waals surface area contributed by atoms with Crippen molar-refractivity contribution >= 4 is 27.5 Å². The second kappa shape index (κ2) is 8.64. The third-order valence-electron chi connectivity index (χ3n) is 3.72. The Morgan fingerprint density at radius 3 is 2.44 bits per heavy atom. The first kappa shape index (κ1) is 18.8. The molecule has 2 aromatic carbocycles. The number of hydrogen-bond donors (Lipinski definition) is 1. The normalized spacial score (nSPS) is 10.3. The van der Waals surface area contributed by atoms with Gasteiger partial charge in [-0.25, -0.2) is 0 Å².